The monoisotopic (exact) mass is 375 g/mol. The summed E-state index contributed by atoms with van der Waals surface area (Å²) < 4.78 is 0. The van der Waals surface area contributed by atoms with Crippen molar-refractivity contribution in [2.75, 3.05) is 24.1 Å². The van der Waals surface area contributed by atoms with Gasteiger partial charge in [-0.05, 0) is 60.6 Å². The number of amides is 1. The van der Waals surface area contributed by atoms with Crippen LogP contribution in [0.25, 0.3) is 6.08 Å². The van der Waals surface area contributed by atoms with E-state index >= 15 is 0 Å². The molecule has 1 heterocycles. The van der Waals surface area contributed by atoms with Gasteiger partial charge < -0.3 is 11.1 Å². The minimum atomic E-state index is -0.139. The maximum atomic E-state index is 12.5. The van der Waals surface area contributed by atoms with Gasteiger partial charge in [0.05, 0.1) is 11.4 Å². The molecule has 2 aromatic carbocycles. The highest BCUT2D eigenvalue weighted by Crippen LogP contribution is 2.36. The van der Waals surface area contributed by atoms with E-state index in [0.29, 0.717) is 23.0 Å². The Morgan fingerprint density at radius 1 is 1.18 bits per heavy atom. The van der Waals surface area contributed by atoms with Crippen LogP contribution in [0, 0.1) is 5.92 Å². The van der Waals surface area contributed by atoms with Crippen LogP contribution in [-0.4, -0.2) is 29.9 Å². The second kappa shape index (κ2) is 8.19. The Morgan fingerprint density at radius 3 is 2.61 bits per heavy atom. The van der Waals surface area contributed by atoms with Gasteiger partial charge in [-0.3, -0.25) is 9.69 Å². The molecular weight excluding hydrogens is 346 g/mol. The Morgan fingerprint density at radius 2 is 1.93 bits per heavy atom. The fraction of sp³-hybridized carbons (Fsp3) is 0.375. The lowest BCUT2D eigenvalue weighted by Crippen LogP contribution is -2.50. The Hall–Kier alpha value is -2.59. The number of anilines is 2. The summed E-state index contributed by atoms with van der Waals surface area (Å²) in [6.07, 6.45) is 7.57. The summed E-state index contributed by atoms with van der Waals surface area (Å²) in [5.41, 5.74) is 10.4. The molecule has 2 aromatic rings. The quantitative estimate of drug-likeness (QED) is 0.684. The normalized spacial score (nSPS) is 20.8. The van der Waals surface area contributed by atoms with Crippen molar-refractivity contribution in [1.29, 1.82) is 0 Å². The van der Waals surface area contributed by atoms with Crippen molar-refractivity contribution in [2.24, 2.45) is 5.92 Å². The fourth-order valence-electron chi connectivity index (χ4n) is 3.93. The van der Waals surface area contributed by atoms with Crippen LogP contribution < -0.4 is 11.1 Å². The molecule has 1 aliphatic heterocycles. The Balaban J connectivity index is 1.40. The molecule has 0 radical (unpaired) electrons. The number of nitrogens with two attached hydrogens (primary N) is 1. The van der Waals surface area contributed by atoms with E-state index in [1.807, 2.05) is 42.5 Å². The highest BCUT2D eigenvalue weighted by molar-refractivity contribution is 6.05. The van der Waals surface area contributed by atoms with Crippen LogP contribution in [0.1, 0.15) is 48.5 Å². The number of carbonyl (C=O) groups excluding carboxylic acids is 1. The Kier molecular flexibility index (Phi) is 5.49. The molecule has 1 saturated carbocycles. The summed E-state index contributed by atoms with van der Waals surface area (Å²) in [6.45, 7) is 4.62. The Bertz CT molecular complexity index is 868. The molecule has 146 valence electrons. The topological polar surface area (TPSA) is 58.4 Å². The minimum absolute atomic E-state index is 0.139. The van der Waals surface area contributed by atoms with Crippen LogP contribution in [0.15, 0.2) is 54.1 Å². The van der Waals surface area contributed by atoms with E-state index in [4.69, 9.17) is 5.73 Å². The molecule has 0 aromatic heterocycles. The van der Waals surface area contributed by atoms with E-state index < -0.39 is 0 Å². The number of nitrogens with one attached hydrogen (secondary N) is 1. The highest BCUT2D eigenvalue weighted by atomic mass is 16.1. The summed E-state index contributed by atoms with van der Waals surface area (Å²) in [5.74, 6) is 0.803. The molecule has 0 spiro atoms. The number of carbonyl (C=O) groups is 1. The van der Waals surface area contributed by atoms with Gasteiger partial charge >= 0.3 is 0 Å². The first-order chi connectivity index (χ1) is 13.6. The van der Waals surface area contributed by atoms with Crippen molar-refractivity contribution in [3.05, 3.63) is 65.2 Å². The first-order valence-electron chi connectivity index (χ1n) is 10.3. The third-order valence-corrected chi connectivity index (χ3v) is 5.74. The van der Waals surface area contributed by atoms with Crippen LogP contribution in [0.2, 0.25) is 0 Å². The van der Waals surface area contributed by atoms with Gasteiger partial charge in [0.1, 0.15) is 0 Å². The number of nitrogen functional groups attached to an aromatic ring is 1. The first-order valence-corrected chi connectivity index (χ1v) is 10.3. The largest absolute Gasteiger partial charge is 0.397 e. The van der Waals surface area contributed by atoms with Crippen LogP contribution in [0.4, 0.5) is 11.4 Å². The van der Waals surface area contributed by atoms with E-state index in [2.05, 4.69) is 23.2 Å². The summed E-state index contributed by atoms with van der Waals surface area (Å²) in [6, 6.07) is 15.7. The molecule has 1 amide bonds. The second-order valence-corrected chi connectivity index (χ2v) is 8.06. The first kappa shape index (κ1) is 18.8. The van der Waals surface area contributed by atoms with E-state index in [9.17, 15) is 4.79 Å². The van der Waals surface area contributed by atoms with Crippen LogP contribution in [0.3, 0.4) is 0 Å². The summed E-state index contributed by atoms with van der Waals surface area (Å²) >= 11 is 0. The third kappa shape index (κ3) is 4.28. The zero-order valence-electron chi connectivity index (χ0n) is 16.5. The van der Waals surface area contributed by atoms with Gasteiger partial charge in [0.15, 0.2) is 0 Å². The molecule has 2 aliphatic rings. The zero-order valence-corrected chi connectivity index (χ0v) is 16.5. The van der Waals surface area contributed by atoms with Gasteiger partial charge in [-0.1, -0.05) is 43.7 Å². The molecule has 2 fully saturated rings. The summed E-state index contributed by atoms with van der Waals surface area (Å²) in [5, 5.41) is 2.88. The molecule has 1 atom stereocenters. The lowest BCUT2D eigenvalue weighted by molar-refractivity contribution is 0.102. The van der Waals surface area contributed by atoms with E-state index in [1.165, 1.54) is 37.8 Å². The smallest absolute Gasteiger partial charge is 0.255 e. The molecule has 4 heteroatoms. The highest BCUT2D eigenvalue weighted by Gasteiger charge is 2.36. The molecule has 4 nitrogen and oxygen atoms in total. The second-order valence-electron chi connectivity index (χ2n) is 8.06. The number of benzene rings is 2. The van der Waals surface area contributed by atoms with Crippen molar-refractivity contribution in [3.63, 3.8) is 0 Å². The molecule has 28 heavy (non-hydrogen) atoms. The number of likely N-dealkylation sites (tertiary alicyclic amines) is 1. The van der Waals surface area contributed by atoms with Crippen LogP contribution in [-0.2, 0) is 0 Å². The van der Waals surface area contributed by atoms with Crippen molar-refractivity contribution in [2.45, 2.75) is 38.6 Å². The molecule has 3 N–H and O–H groups in total. The van der Waals surface area contributed by atoms with Gasteiger partial charge in [-0.25, -0.2) is 0 Å². The van der Waals surface area contributed by atoms with E-state index in [-0.39, 0.29) is 5.91 Å². The van der Waals surface area contributed by atoms with Gasteiger partial charge in [-0.15, -0.1) is 0 Å². The predicted molar refractivity (Wildman–Crippen MR) is 116 cm³/mol. The minimum Gasteiger partial charge on any atom is -0.397 e. The van der Waals surface area contributed by atoms with Gasteiger partial charge in [-0.2, -0.15) is 0 Å². The lowest BCUT2D eigenvalue weighted by Gasteiger charge is -2.44. The lowest BCUT2D eigenvalue weighted by atomic mass is 9.89. The number of hydrogen-bond donors (Lipinski definition) is 2. The van der Waals surface area contributed by atoms with Crippen molar-refractivity contribution in [1.82, 2.24) is 4.90 Å². The van der Waals surface area contributed by atoms with Gasteiger partial charge in [0.2, 0.25) is 0 Å². The van der Waals surface area contributed by atoms with Crippen molar-refractivity contribution in [3.8, 4) is 0 Å². The third-order valence-electron chi connectivity index (χ3n) is 5.74. The average molecular weight is 376 g/mol. The molecule has 1 saturated heterocycles. The van der Waals surface area contributed by atoms with Crippen molar-refractivity contribution >= 4 is 23.4 Å². The predicted octanol–water partition coefficient (Wildman–Crippen LogP) is 4.80. The maximum absolute atomic E-state index is 12.5. The zero-order chi connectivity index (χ0) is 19.5. The number of nitrogens with zero attached hydrogens (tertiary/aromatic N) is 1. The van der Waals surface area contributed by atoms with Crippen LogP contribution >= 0.6 is 0 Å². The van der Waals surface area contributed by atoms with E-state index in [0.717, 1.165) is 18.0 Å². The molecule has 4 rings (SSSR count). The summed E-state index contributed by atoms with van der Waals surface area (Å²) in [7, 11) is 0. The number of para-hydroxylation sites is 2. The van der Waals surface area contributed by atoms with Gasteiger partial charge in [0, 0.05) is 24.7 Å². The van der Waals surface area contributed by atoms with Crippen molar-refractivity contribution < 1.29 is 4.79 Å². The number of hydrogen-bond acceptors (Lipinski definition) is 3. The van der Waals surface area contributed by atoms with Gasteiger partial charge in [0.25, 0.3) is 5.91 Å². The van der Waals surface area contributed by atoms with Crippen LogP contribution in [0.5, 0.6) is 0 Å². The SMILES string of the molecule is CCCC1/C(=C/c2ccc(C(=O)Nc3ccccc3N)cc2)CN1CC1CC1. The molecular formula is C24H29N3O. The molecule has 1 unspecified atom stereocenters. The molecule has 0 bridgehead atoms. The van der Waals surface area contributed by atoms with E-state index in [1.54, 1.807) is 6.07 Å². The fourth-order valence-corrected chi connectivity index (χ4v) is 3.93. The maximum Gasteiger partial charge on any atom is 0.255 e. The Labute approximate surface area is 167 Å². The molecule has 1 aliphatic carbocycles. The number of rotatable bonds is 7. The summed E-state index contributed by atoms with van der Waals surface area (Å²) in [4.78, 5) is 15.1. The average Bonchev–Trinajstić information content (AvgIpc) is 3.52. The standard InChI is InChI=1S/C24H29N3O/c1-2-5-23-20(16-27(23)15-18-8-9-18)14-17-10-12-19(13-11-17)24(28)26-22-7-4-3-6-21(22)25/h3-4,6-7,10-14,18,23H,2,5,8-9,15-16,25H2,1H3,(H,26,28)/b20-14+.